The third kappa shape index (κ3) is 5.10. The van der Waals surface area contributed by atoms with Crippen LogP contribution in [0.1, 0.15) is 25.1 Å². The van der Waals surface area contributed by atoms with Crippen LogP contribution in [-0.2, 0) is 6.54 Å². The number of nitrogens with one attached hydrogen (secondary N) is 1. The molecule has 0 unspecified atom stereocenters. The Balaban J connectivity index is 2.01. The van der Waals surface area contributed by atoms with Crippen molar-refractivity contribution < 1.29 is 4.74 Å². The monoisotopic (exact) mass is 349 g/mol. The Hall–Kier alpha value is -1.46. The van der Waals surface area contributed by atoms with E-state index >= 15 is 0 Å². The highest BCUT2D eigenvalue weighted by Gasteiger charge is 2.06. The molecule has 0 radical (unpaired) electrons. The summed E-state index contributed by atoms with van der Waals surface area (Å²) in [6.45, 7) is 8.11. The molecule has 0 spiro atoms. The molecule has 5 heteroatoms. The first-order chi connectivity index (χ1) is 10.0. The van der Waals surface area contributed by atoms with Crippen molar-refractivity contribution in [3.05, 3.63) is 46.2 Å². The lowest BCUT2D eigenvalue weighted by atomic mass is 10.2. The van der Waals surface area contributed by atoms with Gasteiger partial charge in [0.1, 0.15) is 5.75 Å². The van der Waals surface area contributed by atoms with Crippen LogP contribution in [-0.4, -0.2) is 16.5 Å². The number of rotatable bonds is 6. The van der Waals surface area contributed by atoms with Crippen LogP contribution in [0.25, 0.3) is 0 Å². The zero-order valence-electron chi connectivity index (χ0n) is 12.6. The summed E-state index contributed by atoms with van der Waals surface area (Å²) in [4.78, 5) is 8.68. The van der Waals surface area contributed by atoms with E-state index in [0.29, 0.717) is 11.9 Å². The van der Waals surface area contributed by atoms with Gasteiger partial charge in [-0.2, -0.15) is 4.98 Å². The molecule has 0 amide bonds. The van der Waals surface area contributed by atoms with Crippen LogP contribution >= 0.6 is 15.9 Å². The van der Waals surface area contributed by atoms with Crippen molar-refractivity contribution in [2.75, 3.05) is 6.54 Å². The minimum absolute atomic E-state index is 0.373. The lowest BCUT2D eigenvalue weighted by Gasteiger charge is -2.10. The third-order valence-electron chi connectivity index (χ3n) is 2.93. The number of hydrogen-bond acceptors (Lipinski definition) is 4. The summed E-state index contributed by atoms with van der Waals surface area (Å²) in [5.74, 6) is 1.35. The van der Waals surface area contributed by atoms with Crippen molar-refractivity contribution in [1.82, 2.24) is 15.3 Å². The third-order valence-corrected chi connectivity index (χ3v) is 3.43. The predicted molar refractivity (Wildman–Crippen MR) is 87.5 cm³/mol. The predicted octanol–water partition coefficient (Wildman–Crippen LogP) is 4.09. The van der Waals surface area contributed by atoms with Gasteiger partial charge < -0.3 is 10.1 Å². The molecule has 0 aliphatic carbocycles. The highest BCUT2D eigenvalue weighted by molar-refractivity contribution is 9.10. The standard InChI is InChI=1S/C16H20BrN3O/c1-11(2)8-18-9-13-10-19-16(20-12(13)3)21-15-6-4-5-14(17)7-15/h4-7,10-11,18H,8-9H2,1-3H3. The number of hydrogen-bond donors (Lipinski definition) is 1. The number of ether oxygens (including phenoxy) is 1. The van der Waals surface area contributed by atoms with Gasteiger partial charge in [-0.3, -0.25) is 0 Å². The molecule has 0 aliphatic rings. The van der Waals surface area contributed by atoms with E-state index in [1.54, 1.807) is 0 Å². The van der Waals surface area contributed by atoms with Crippen molar-refractivity contribution in [2.45, 2.75) is 27.3 Å². The van der Waals surface area contributed by atoms with E-state index in [1.807, 2.05) is 37.4 Å². The van der Waals surface area contributed by atoms with E-state index in [9.17, 15) is 0 Å². The van der Waals surface area contributed by atoms with Crippen LogP contribution < -0.4 is 10.1 Å². The molecule has 1 aromatic carbocycles. The molecule has 21 heavy (non-hydrogen) atoms. The molecule has 1 N–H and O–H groups in total. The second-order valence-electron chi connectivity index (χ2n) is 5.35. The molecule has 112 valence electrons. The number of benzene rings is 1. The van der Waals surface area contributed by atoms with E-state index in [-0.39, 0.29) is 0 Å². The van der Waals surface area contributed by atoms with Crippen LogP contribution in [0.4, 0.5) is 0 Å². The second kappa shape index (κ2) is 7.52. The van der Waals surface area contributed by atoms with Gasteiger partial charge in [-0.05, 0) is 37.6 Å². The average molecular weight is 350 g/mol. The Bertz CT molecular complexity index is 602. The fraction of sp³-hybridized carbons (Fsp3) is 0.375. The normalized spacial score (nSPS) is 10.9. The molecule has 0 aliphatic heterocycles. The Morgan fingerprint density at radius 1 is 1.33 bits per heavy atom. The van der Waals surface area contributed by atoms with Gasteiger partial charge in [-0.1, -0.05) is 35.8 Å². The van der Waals surface area contributed by atoms with Gasteiger partial charge in [0.15, 0.2) is 0 Å². The molecule has 0 fully saturated rings. The molecule has 4 nitrogen and oxygen atoms in total. The number of aromatic nitrogens is 2. The molecule has 2 rings (SSSR count). The first-order valence-corrected chi connectivity index (χ1v) is 7.80. The molecular weight excluding hydrogens is 330 g/mol. The summed E-state index contributed by atoms with van der Waals surface area (Å²) in [6, 6.07) is 8.00. The van der Waals surface area contributed by atoms with E-state index in [4.69, 9.17) is 4.74 Å². The molecule has 0 atom stereocenters. The van der Waals surface area contributed by atoms with Crippen molar-refractivity contribution in [3.8, 4) is 11.8 Å². The van der Waals surface area contributed by atoms with Crippen LogP contribution in [0.5, 0.6) is 11.8 Å². The number of aryl methyl sites for hydroxylation is 1. The van der Waals surface area contributed by atoms with E-state index in [2.05, 4.69) is 45.1 Å². The smallest absolute Gasteiger partial charge is 0.322 e. The Kier molecular flexibility index (Phi) is 5.70. The van der Waals surface area contributed by atoms with Crippen LogP contribution in [0.15, 0.2) is 34.9 Å². The zero-order valence-corrected chi connectivity index (χ0v) is 14.1. The summed E-state index contributed by atoms with van der Waals surface area (Å²) in [7, 11) is 0. The molecule has 1 heterocycles. The van der Waals surface area contributed by atoms with E-state index in [1.165, 1.54) is 0 Å². The van der Waals surface area contributed by atoms with Gasteiger partial charge in [-0.25, -0.2) is 4.98 Å². The highest BCUT2D eigenvalue weighted by Crippen LogP contribution is 2.22. The molecule has 0 saturated heterocycles. The van der Waals surface area contributed by atoms with Crippen LogP contribution in [0, 0.1) is 12.8 Å². The summed E-state index contributed by atoms with van der Waals surface area (Å²) >= 11 is 3.41. The van der Waals surface area contributed by atoms with E-state index < -0.39 is 0 Å². The summed E-state index contributed by atoms with van der Waals surface area (Å²) in [5.41, 5.74) is 2.03. The first kappa shape index (κ1) is 15.9. The summed E-state index contributed by atoms with van der Waals surface area (Å²) in [5, 5.41) is 3.39. The van der Waals surface area contributed by atoms with Gasteiger partial charge in [0.2, 0.25) is 0 Å². The van der Waals surface area contributed by atoms with Crippen molar-refractivity contribution in [1.29, 1.82) is 0 Å². The van der Waals surface area contributed by atoms with Gasteiger partial charge in [0.05, 0.1) is 0 Å². The number of halogens is 1. The van der Waals surface area contributed by atoms with E-state index in [0.717, 1.165) is 34.6 Å². The molecule has 0 bridgehead atoms. The van der Waals surface area contributed by atoms with Gasteiger partial charge >= 0.3 is 6.01 Å². The second-order valence-corrected chi connectivity index (χ2v) is 6.26. The first-order valence-electron chi connectivity index (χ1n) is 7.01. The van der Waals surface area contributed by atoms with Crippen molar-refractivity contribution in [2.24, 2.45) is 5.92 Å². The molecule has 0 saturated carbocycles. The minimum atomic E-state index is 0.373. The van der Waals surface area contributed by atoms with Crippen molar-refractivity contribution >= 4 is 15.9 Å². The highest BCUT2D eigenvalue weighted by atomic mass is 79.9. The quantitative estimate of drug-likeness (QED) is 0.853. The maximum absolute atomic E-state index is 5.67. The Morgan fingerprint density at radius 3 is 2.81 bits per heavy atom. The summed E-state index contributed by atoms with van der Waals surface area (Å²) in [6.07, 6.45) is 1.82. The lowest BCUT2D eigenvalue weighted by Crippen LogP contribution is -2.20. The summed E-state index contributed by atoms with van der Waals surface area (Å²) < 4.78 is 6.63. The largest absolute Gasteiger partial charge is 0.424 e. The van der Waals surface area contributed by atoms with Gasteiger partial charge in [-0.15, -0.1) is 0 Å². The zero-order chi connectivity index (χ0) is 15.2. The maximum Gasteiger partial charge on any atom is 0.322 e. The topological polar surface area (TPSA) is 47.0 Å². The average Bonchev–Trinajstić information content (AvgIpc) is 2.41. The van der Waals surface area contributed by atoms with Gasteiger partial charge in [0.25, 0.3) is 0 Å². The van der Waals surface area contributed by atoms with Gasteiger partial charge in [0, 0.05) is 28.5 Å². The maximum atomic E-state index is 5.67. The fourth-order valence-electron chi connectivity index (χ4n) is 1.82. The SMILES string of the molecule is Cc1nc(Oc2cccc(Br)c2)ncc1CNCC(C)C. The molecule has 1 aromatic heterocycles. The van der Waals surface area contributed by atoms with Crippen LogP contribution in [0.2, 0.25) is 0 Å². The van der Waals surface area contributed by atoms with Crippen molar-refractivity contribution in [3.63, 3.8) is 0 Å². The number of nitrogens with zero attached hydrogens (tertiary/aromatic N) is 2. The Labute approximate surface area is 134 Å². The Morgan fingerprint density at radius 2 is 2.14 bits per heavy atom. The molecule has 2 aromatic rings. The van der Waals surface area contributed by atoms with Crippen LogP contribution in [0.3, 0.4) is 0 Å². The fourth-order valence-corrected chi connectivity index (χ4v) is 2.20. The lowest BCUT2D eigenvalue weighted by molar-refractivity contribution is 0.438. The minimum Gasteiger partial charge on any atom is -0.424 e. The molecular formula is C16H20BrN3O.